The zero-order chi connectivity index (χ0) is 13.1. The maximum atomic E-state index is 6.28. The zero-order valence-corrected chi connectivity index (χ0v) is 12.3. The predicted molar refractivity (Wildman–Crippen MR) is 75.3 cm³/mol. The van der Waals surface area contributed by atoms with Gasteiger partial charge in [-0.2, -0.15) is 5.10 Å². The number of hydrogen-bond acceptors (Lipinski definition) is 4. The average Bonchev–Trinajstić information content (AvgIpc) is 2.91. The summed E-state index contributed by atoms with van der Waals surface area (Å²) >= 11 is 7.93. The van der Waals surface area contributed by atoms with Crippen LogP contribution in [0.25, 0.3) is 0 Å². The monoisotopic (exact) mass is 284 g/mol. The second-order valence-electron chi connectivity index (χ2n) is 4.12. The molecule has 0 fully saturated rings. The van der Waals surface area contributed by atoms with Crippen molar-refractivity contribution >= 4 is 22.9 Å². The van der Waals surface area contributed by atoms with Gasteiger partial charge >= 0.3 is 0 Å². The minimum absolute atomic E-state index is 0.0547. The number of aromatic nitrogens is 3. The molecular weight excluding hydrogens is 268 g/mol. The second kappa shape index (κ2) is 5.82. The Morgan fingerprint density at radius 2 is 2.33 bits per heavy atom. The highest BCUT2D eigenvalue weighted by Gasteiger charge is 2.23. The highest BCUT2D eigenvalue weighted by atomic mass is 35.5. The van der Waals surface area contributed by atoms with Gasteiger partial charge in [0.05, 0.1) is 39.0 Å². The molecule has 0 aromatic carbocycles. The van der Waals surface area contributed by atoms with Gasteiger partial charge in [0.25, 0.3) is 0 Å². The van der Waals surface area contributed by atoms with Crippen LogP contribution in [0.3, 0.4) is 0 Å². The molecule has 1 unspecified atom stereocenters. The van der Waals surface area contributed by atoms with Gasteiger partial charge in [-0.1, -0.05) is 18.5 Å². The smallest absolute Gasteiger partial charge is 0.0873 e. The van der Waals surface area contributed by atoms with E-state index in [-0.39, 0.29) is 6.04 Å². The molecule has 2 rings (SSSR count). The number of nitrogens with one attached hydrogen (secondary N) is 1. The molecule has 0 amide bonds. The Balaban J connectivity index is 2.45. The number of nitrogens with zero attached hydrogens (tertiary/aromatic N) is 3. The van der Waals surface area contributed by atoms with Gasteiger partial charge in [-0.25, -0.2) is 4.98 Å². The molecule has 18 heavy (non-hydrogen) atoms. The van der Waals surface area contributed by atoms with Gasteiger partial charge in [0.1, 0.15) is 0 Å². The molecule has 0 radical (unpaired) electrons. The highest BCUT2D eigenvalue weighted by molar-refractivity contribution is 7.09. The number of halogens is 1. The Kier molecular flexibility index (Phi) is 4.37. The van der Waals surface area contributed by atoms with E-state index < -0.39 is 0 Å². The summed E-state index contributed by atoms with van der Waals surface area (Å²) in [6.07, 6.45) is 2.75. The molecule has 2 aromatic heterocycles. The number of rotatable bonds is 5. The van der Waals surface area contributed by atoms with Crippen LogP contribution in [0.5, 0.6) is 0 Å². The van der Waals surface area contributed by atoms with Gasteiger partial charge in [-0.15, -0.1) is 11.3 Å². The molecule has 0 saturated carbocycles. The first kappa shape index (κ1) is 13.5. The van der Waals surface area contributed by atoms with Crippen LogP contribution in [0, 0.1) is 6.92 Å². The van der Waals surface area contributed by atoms with Crippen LogP contribution in [0.4, 0.5) is 0 Å². The summed E-state index contributed by atoms with van der Waals surface area (Å²) in [7, 11) is 1.93. The van der Waals surface area contributed by atoms with E-state index in [1.165, 1.54) is 4.88 Å². The fourth-order valence-electron chi connectivity index (χ4n) is 2.03. The van der Waals surface area contributed by atoms with Crippen molar-refractivity contribution in [1.82, 2.24) is 20.1 Å². The van der Waals surface area contributed by atoms with Crippen molar-refractivity contribution in [2.24, 2.45) is 0 Å². The summed E-state index contributed by atoms with van der Waals surface area (Å²) < 4.78 is 1.97. The third kappa shape index (κ3) is 2.43. The second-order valence-corrected chi connectivity index (χ2v) is 5.42. The summed E-state index contributed by atoms with van der Waals surface area (Å²) in [4.78, 5) is 5.50. The third-order valence-corrected chi connectivity index (χ3v) is 4.16. The Morgan fingerprint density at radius 3 is 2.89 bits per heavy atom. The average molecular weight is 285 g/mol. The van der Waals surface area contributed by atoms with Gasteiger partial charge in [-0.05, 0) is 20.4 Å². The van der Waals surface area contributed by atoms with Crippen molar-refractivity contribution in [3.05, 3.63) is 33.0 Å². The summed E-state index contributed by atoms with van der Waals surface area (Å²) in [5.41, 5.74) is 3.93. The Labute approximate surface area is 116 Å². The molecule has 2 heterocycles. The molecule has 4 nitrogen and oxygen atoms in total. The van der Waals surface area contributed by atoms with Gasteiger partial charge in [0, 0.05) is 6.54 Å². The molecule has 1 atom stereocenters. The van der Waals surface area contributed by atoms with Crippen LogP contribution < -0.4 is 5.32 Å². The molecule has 0 saturated heterocycles. The molecule has 1 N–H and O–H groups in total. The summed E-state index contributed by atoms with van der Waals surface area (Å²) in [6, 6.07) is 0.0547. The molecule has 98 valence electrons. The quantitative estimate of drug-likeness (QED) is 0.918. The van der Waals surface area contributed by atoms with E-state index in [0.29, 0.717) is 5.02 Å². The molecule has 0 spiro atoms. The first-order chi connectivity index (χ1) is 8.69. The molecule has 6 heteroatoms. The van der Waals surface area contributed by atoms with Gasteiger partial charge < -0.3 is 5.32 Å². The van der Waals surface area contributed by atoms with Crippen LogP contribution in [0.2, 0.25) is 5.02 Å². The van der Waals surface area contributed by atoms with Crippen LogP contribution in [0.15, 0.2) is 11.7 Å². The standard InChI is InChI=1S/C12H17ClN4S/c1-4-5-17-11(9(13)6-16-17)10(14-3)12-8(2)15-7-18-12/h6-7,10,14H,4-5H2,1-3H3. The van der Waals surface area contributed by atoms with Crippen LogP contribution in [-0.4, -0.2) is 21.8 Å². The van der Waals surface area contributed by atoms with E-state index in [9.17, 15) is 0 Å². The lowest BCUT2D eigenvalue weighted by Crippen LogP contribution is -2.22. The van der Waals surface area contributed by atoms with E-state index >= 15 is 0 Å². The van der Waals surface area contributed by atoms with Crippen LogP contribution in [0.1, 0.15) is 35.7 Å². The van der Waals surface area contributed by atoms with Crippen molar-refractivity contribution < 1.29 is 0 Å². The van der Waals surface area contributed by atoms with E-state index in [0.717, 1.165) is 24.4 Å². The molecular formula is C12H17ClN4S. The van der Waals surface area contributed by atoms with Crippen molar-refractivity contribution in [2.75, 3.05) is 7.05 Å². The van der Waals surface area contributed by atoms with E-state index in [2.05, 4.69) is 22.3 Å². The maximum Gasteiger partial charge on any atom is 0.0873 e. The molecule has 0 bridgehead atoms. The summed E-state index contributed by atoms with van der Waals surface area (Å²) in [6.45, 7) is 5.02. The fourth-order valence-corrected chi connectivity index (χ4v) is 3.19. The number of thiazole rings is 1. The molecule has 0 aliphatic rings. The van der Waals surface area contributed by atoms with Crippen LogP contribution in [-0.2, 0) is 6.54 Å². The first-order valence-corrected chi connectivity index (χ1v) is 7.23. The molecule has 0 aliphatic heterocycles. The largest absolute Gasteiger partial charge is 0.307 e. The topological polar surface area (TPSA) is 42.7 Å². The Morgan fingerprint density at radius 1 is 1.56 bits per heavy atom. The number of hydrogen-bond donors (Lipinski definition) is 1. The highest BCUT2D eigenvalue weighted by Crippen LogP contribution is 2.32. The minimum Gasteiger partial charge on any atom is -0.307 e. The van der Waals surface area contributed by atoms with Gasteiger partial charge in [0.2, 0.25) is 0 Å². The lowest BCUT2D eigenvalue weighted by Gasteiger charge is -2.17. The van der Waals surface area contributed by atoms with Crippen molar-refractivity contribution in [3.8, 4) is 0 Å². The van der Waals surface area contributed by atoms with Crippen molar-refractivity contribution in [1.29, 1.82) is 0 Å². The van der Waals surface area contributed by atoms with Crippen LogP contribution >= 0.6 is 22.9 Å². The lowest BCUT2D eigenvalue weighted by molar-refractivity contribution is 0.536. The Bertz CT molecular complexity index is 520. The minimum atomic E-state index is 0.0547. The SMILES string of the molecule is CCCn1ncc(Cl)c1C(NC)c1scnc1C. The zero-order valence-electron chi connectivity index (χ0n) is 10.8. The first-order valence-electron chi connectivity index (χ1n) is 5.97. The van der Waals surface area contributed by atoms with Gasteiger partial charge in [0.15, 0.2) is 0 Å². The fraction of sp³-hybridized carbons (Fsp3) is 0.500. The lowest BCUT2D eigenvalue weighted by atomic mass is 10.1. The predicted octanol–water partition coefficient (Wildman–Crippen LogP) is 3.02. The molecule has 0 aliphatic carbocycles. The normalized spacial score (nSPS) is 12.9. The Hall–Kier alpha value is -0.910. The molecule has 2 aromatic rings. The summed E-state index contributed by atoms with van der Waals surface area (Å²) in [5, 5.41) is 8.36. The third-order valence-electron chi connectivity index (χ3n) is 2.88. The van der Waals surface area contributed by atoms with Gasteiger partial charge in [-0.3, -0.25) is 4.68 Å². The summed E-state index contributed by atoms with van der Waals surface area (Å²) in [5.74, 6) is 0. The van der Waals surface area contributed by atoms with Crippen molar-refractivity contribution in [3.63, 3.8) is 0 Å². The number of aryl methyl sites for hydroxylation is 2. The maximum absolute atomic E-state index is 6.28. The van der Waals surface area contributed by atoms with E-state index in [1.807, 2.05) is 24.2 Å². The van der Waals surface area contributed by atoms with E-state index in [4.69, 9.17) is 11.6 Å². The van der Waals surface area contributed by atoms with E-state index in [1.54, 1.807) is 17.5 Å². The van der Waals surface area contributed by atoms with Crippen molar-refractivity contribution in [2.45, 2.75) is 32.9 Å².